The SMILES string of the molecule is CC(CC(=O)O)C(O)c1ccccc1OC(F)(F)F. The fourth-order valence-corrected chi connectivity index (χ4v) is 1.64. The summed E-state index contributed by atoms with van der Waals surface area (Å²) in [6, 6.07) is 5.11. The average molecular weight is 278 g/mol. The van der Waals surface area contributed by atoms with Crippen molar-refractivity contribution in [2.75, 3.05) is 0 Å². The first-order chi connectivity index (χ1) is 8.70. The van der Waals surface area contributed by atoms with Crippen LogP contribution < -0.4 is 4.74 Å². The van der Waals surface area contributed by atoms with Gasteiger partial charge in [-0.3, -0.25) is 4.79 Å². The summed E-state index contributed by atoms with van der Waals surface area (Å²) in [7, 11) is 0. The molecule has 7 heteroatoms. The van der Waals surface area contributed by atoms with Crippen molar-refractivity contribution >= 4 is 5.97 Å². The van der Waals surface area contributed by atoms with Crippen molar-refractivity contribution in [2.24, 2.45) is 5.92 Å². The lowest BCUT2D eigenvalue weighted by Gasteiger charge is -2.21. The molecule has 19 heavy (non-hydrogen) atoms. The molecule has 0 fully saturated rings. The number of para-hydroxylation sites is 1. The number of aliphatic hydroxyl groups excluding tert-OH is 1. The van der Waals surface area contributed by atoms with Gasteiger partial charge in [-0.1, -0.05) is 25.1 Å². The van der Waals surface area contributed by atoms with Crippen LogP contribution in [-0.4, -0.2) is 22.5 Å². The van der Waals surface area contributed by atoms with Crippen LogP contribution in [0.4, 0.5) is 13.2 Å². The molecule has 2 atom stereocenters. The van der Waals surface area contributed by atoms with E-state index < -0.39 is 30.1 Å². The Hall–Kier alpha value is -1.76. The van der Waals surface area contributed by atoms with Crippen LogP contribution in [-0.2, 0) is 4.79 Å². The van der Waals surface area contributed by atoms with Crippen molar-refractivity contribution in [3.8, 4) is 5.75 Å². The third-order valence-electron chi connectivity index (χ3n) is 2.50. The standard InChI is InChI=1S/C12H13F3O4/c1-7(6-10(16)17)11(18)8-4-2-3-5-9(8)19-12(13,14)15/h2-5,7,11,18H,6H2,1H3,(H,16,17). The van der Waals surface area contributed by atoms with Crippen molar-refractivity contribution in [3.63, 3.8) is 0 Å². The van der Waals surface area contributed by atoms with E-state index in [9.17, 15) is 23.1 Å². The van der Waals surface area contributed by atoms with Crippen LogP contribution in [0.5, 0.6) is 5.75 Å². The molecule has 0 aliphatic carbocycles. The smallest absolute Gasteiger partial charge is 0.481 e. The van der Waals surface area contributed by atoms with Gasteiger partial charge in [0, 0.05) is 5.56 Å². The molecular weight excluding hydrogens is 265 g/mol. The van der Waals surface area contributed by atoms with Gasteiger partial charge in [0.15, 0.2) is 0 Å². The lowest BCUT2D eigenvalue weighted by atomic mass is 9.94. The van der Waals surface area contributed by atoms with Crippen molar-refractivity contribution in [2.45, 2.75) is 25.8 Å². The summed E-state index contributed by atoms with van der Waals surface area (Å²) in [5.74, 6) is -2.41. The van der Waals surface area contributed by atoms with Gasteiger partial charge in [0.1, 0.15) is 5.75 Å². The number of benzene rings is 1. The summed E-state index contributed by atoms with van der Waals surface area (Å²) < 4.78 is 40.4. The van der Waals surface area contributed by atoms with Crippen molar-refractivity contribution in [3.05, 3.63) is 29.8 Å². The molecule has 0 aromatic heterocycles. The molecule has 0 saturated carbocycles. The van der Waals surface area contributed by atoms with E-state index in [0.717, 1.165) is 6.07 Å². The Morgan fingerprint density at radius 1 is 1.37 bits per heavy atom. The number of ether oxygens (including phenoxy) is 1. The maximum atomic E-state index is 12.2. The summed E-state index contributed by atoms with van der Waals surface area (Å²) in [5.41, 5.74) is -0.0893. The lowest BCUT2D eigenvalue weighted by molar-refractivity contribution is -0.275. The monoisotopic (exact) mass is 278 g/mol. The Balaban J connectivity index is 2.96. The van der Waals surface area contributed by atoms with Gasteiger partial charge in [-0.05, 0) is 12.0 Å². The normalized spacial score (nSPS) is 14.8. The molecule has 0 bridgehead atoms. The quantitative estimate of drug-likeness (QED) is 0.869. The summed E-state index contributed by atoms with van der Waals surface area (Å²) in [6.07, 6.45) is -6.58. The number of carbonyl (C=O) groups is 1. The number of hydrogen-bond acceptors (Lipinski definition) is 3. The minimum atomic E-state index is -4.87. The second-order valence-corrected chi connectivity index (χ2v) is 4.11. The largest absolute Gasteiger partial charge is 0.573 e. The Labute approximate surface area is 107 Å². The number of carboxylic acid groups (broad SMARTS) is 1. The molecule has 0 amide bonds. The molecule has 1 aromatic carbocycles. The third kappa shape index (κ3) is 4.78. The second kappa shape index (κ2) is 5.92. The van der Waals surface area contributed by atoms with E-state index in [1.54, 1.807) is 0 Å². The van der Waals surface area contributed by atoms with E-state index in [4.69, 9.17) is 5.11 Å². The fourth-order valence-electron chi connectivity index (χ4n) is 1.64. The molecule has 0 heterocycles. The predicted molar refractivity (Wildman–Crippen MR) is 59.5 cm³/mol. The zero-order valence-corrected chi connectivity index (χ0v) is 10.0. The summed E-state index contributed by atoms with van der Waals surface area (Å²) in [6.45, 7) is 1.43. The number of rotatable bonds is 5. The van der Waals surface area contributed by atoms with Gasteiger partial charge in [-0.25, -0.2) is 0 Å². The van der Waals surface area contributed by atoms with E-state index in [-0.39, 0.29) is 12.0 Å². The molecule has 0 spiro atoms. The molecule has 0 aliphatic rings. The van der Waals surface area contributed by atoms with Gasteiger partial charge in [-0.2, -0.15) is 0 Å². The molecule has 2 unspecified atom stereocenters. The minimum absolute atomic E-state index is 0.0893. The number of halogens is 3. The first kappa shape index (κ1) is 15.3. The van der Waals surface area contributed by atoms with Crippen LogP contribution in [0.3, 0.4) is 0 Å². The van der Waals surface area contributed by atoms with Crippen LogP contribution in [0.1, 0.15) is 25.0 Å². The van der Waals surface area contributed by atoms with Crippen LogP contribution in [0, 0.1) is 5.92 Å². The van der Waals surface area contributed by atoms with Crippen molar-refractivity contribution in [1.29, 1.82) is 0 Å². The molecule has 1 aromatic rings. The van der Waals surface area contributed by atoms with Crippen molar-refractivity contribution in [1.82, 2.24) is 0 Å². The number of hydrogen-bond donors (Lipinski definition) is 2. The molecule has 0 aliphatic heterocycles. The minimum Gasteiger partial charge on any atom is -0.481 e. The molecular formula is C12H13F3O4. The van der Waals surface area contributed by atoms with Crippen molar-refractivity contribution < 1.29 is 32.9 Å². The number of alkyl halides is 3. The van der Waals surface area contributed by atoms with Gasteiger partial charge in [-0.15, -0.1) is 13.2 Å². The zero-order chi connectivity index (χ0) is 14.6. The average Bonchev–Trinajstić information content (AvgIpc) is 2.25. The molecule has 1 rings (SSSR count). The van der Waals surface area contributed by atoms with Gasteiger partial charge < -0.3 is 14.9 Å². The first-order valence-corrected chi connectivity index (χ1v) is 5.45. The van der Waals surface area contributed by atoms with Crippen LogP contribution >= 0.6 is 0 Å². The zero-order valence-electron chi connectivity index (χ0n) is 10.0. The highest BCUT2D eigenvalue weighted by molar-refractivity contribution is 5.67. The van der Waals surface area contributed by atoms with Gasteiger partial charge in [0.05, 0.1) is 12.5 Å². The lowest BCUT2D eigenvalue weighted by Crippen LogP contribution is -2.20. The van der Waals surface area contributed by atoms with Gasteiger partial charge >= 0.3 is 12.3 Å². The molecule has 0 saturated heterocycles. The highest BCUT2D eigenvalue weighted by Gasteiger charge is 2.33. The third-order valence-corrected chi connectivity index (χ3v) is 2.50. The topological polar surface area (TPSA) is 66.8 Å². The number of aliphatic carboxylic acids is 1. The highest BCUT2D eigenvalue weighted by atomic mass is 19.4. The molecule has 0 radical (unpaired) electrons. The fraction of sp³-hybridized carbons (Fsp3) is 0.417. The highest BCUT2D eigenvalue weighted by Crippen LogP contribution is 2.34. The van der Waals surface area contributed by atoms with E-state index in [1.807, 2.05) is 0 Å². The Kier molecular flexibility index (Phi) is 4.77. The van der Waals surface area contributed by atoms with Crippen LogP contribution in [0.2, 0.25) is 0 Å². The van der Waals surface area contributed by atoms with E-state index in [1.165, 1.54) is 25.1 Å². The summed E-state index contributed by atoms with van der Waals surface area (Å²) >= 11 is 0. The second-order valence-electron chi connectivity index (χ2n) is 4.11. The Bertz CT molecular complexity index is 445. The number of aliphatic hydroxyl groups is 1. The Morgan fingerprint density at radius 3 is 2.47 bits per heavy atom. The van der Waals surface area contributed by atoms with Crippen LogP contribution in [0.25, 0.3) is 0 Å². The predicted octanol–water partition coefficient (Wildman–Crippen LogP) is 2.73. The van der Waals surface area contributed by atoms with Crippen LogP contribution in [0.15, 0.2) is 24.3 Å². The first-order valence-electron chi connectivity index (χ1n) is 5.45. The molecule has 106 valence electrons. The van der Waals surface area contributed by atoms with Gasteiger partial charge in [0.25, 0.3) is 0 Å². The van der Waals surface area contributed by atoms with E-state index in [0.29, 0.717) is 0 Å². The van der Waals surface area contributed by atoms with E-state index in [2.05, 4.69) is 4.74 Å². The maximum Gasteiger partial charge on any atom is 0.573 e. The van der Waals surface area contributed by atoms with Gasteiger partial charge in [0.2, 0.25) is 0 Å². The summed E-state index contributed by atoms with van der Waals surface area (Å²) in [4.78, 5) is 10.5. The molecule has 4 nitrogen and oxygen atoms in total. The number of carboxylic acids is 1. The molecule has 2 N–H and O–H groups in total. The Morgan fingerprint density at radius 2 is 1.95 bits per heavy atom. The maximum absolute atomic E-state index is 12.2. The summed E-state index contributed by atoms with van der Waals surface area (Å²) in [5, 5.41) is 18.5. The van der Waals surface area contributed by atoms with E-state index >= 15 is 0 Å².